The van der Waals surface area contributed by atoms with E-state index in [2.05, 4.69) is 16.0 Å². The van der Waals surface area contributed by atoms with Crippen LogP contribution >= 0.6 is 0 Å². The van der Waals surface area contributed by atoms with E-state index in [1.807, 2.05) is 47.4 Å². The van der Waals surface area contributed by atoms with E-state index in [-0.39, 0.29) is 11.8 Å². The third-order valence-corrected chi connectivity index (χ3v) is 5.88. The number of aromatic nitrogens is 3. The first-order chi connectivity index (χ1) is 16.4. The Labute approximate surface area is 194 Å². The monoisotopic (exact) mass is 449 g/mol. The first kappa shape index (κ1) is 21.1. The Morgan fingerprint density at radius 1 is 1.09 bits per heavy atom. The molecule has 0 atom stereocenters. The third-order valence-electron chi connectivity index (χ3n) is 5.88. The van der Waals surface area contributed by atoms with Gasteiger partial charge in [-0.3, -0.25) is 15.0 Å². The van der Waals surface area contributed by atoms with Crippen LogP contribution in [0.3, 0.4) is 0 Å². The maximum absolute atomic E-state index is 13.5. The van der Waals surface area contributed by atoms with Crippen LogP contribution in [0.2, 0.25) is 0 Å². The Hall–Kier alpha value is -4.77. The third kappa shape index (κ3) is 3.40. The molecule has 7 nitrogen and oxygen atoms in total. The van der Waals surface area contributed by atoms with E-state index in [0.29, 0.717) is 11.2 Å². The second-order valence-corrected chi connectivity index (χ2v) is 8.04. The summed E-state index contributed by atoms with van der Waals surface area (Å²) in [5.74, 6) is -0.629. The van der Waals surface area contributed by atoms with E-state index in [9.17, 15) is 9.65 Å². The van der Waals surface area contributed by atoms with Crippen molar-refractivity contribution in [3.05, 3.63) is 89.4 Å². The number of nitrogens with one attached hydrogen (secondary N) is 1. The summed E-state index contributed by atoms with van der Waals surface area (Å²) in [5.41, 5.74) is 12.4. The number of benzene rings is 3. The zero-order chi connectivity index (χ0) is 24.0. The van der Waals surface area contributed by atoms with Crippen LogP contribution in [0.1, 0.15) is 11.1 Å². The SMILES string of the molecule is Cc1ccc(C#N)cc1-n1c(=NC(=N)N)n(C)c2cnc3ccc(-c4ccc(F)cc4)cc3c21. The highest BCUT2D eigenvalue weighted by atomic mass is 19.1. The Morgan fingerprint density at radius 3 is 2.53 bits per heavy atom. The molecule has 0 unspecified atom stereocenters. The highest BCUT2D eigenvalue weighted by molar-refractivity contribution is 6.04. The number of nitrogens with two attached hydrogens (primary N) is 1. The molecule has 3 N–H and O–H groups in total. The van der Waals surface area contributed by atoms with Crippen molar-refractivity contribution in [2.75, 3.05) is 0 Å². The van der Waals surface area contributed by atoms with Gasteiger partial charge in [-0.2, -0.15) is 10.3 Å². The van der Waals surface area contributed by atoms with Crippen molar-refractivity contribution >= 4 is 27.9 Å². The van der Waals surface area contributed by atoms with E-state index >= 15 is 0 Å². The predicted octanol–water partition coefficient (Wildman–Crippen LogP) is 4.30. The lowest BCUT2D eigenvalue weighted by Gasteiger charge is -2.11. The lowest BCUT2D eigenvalue weighted by Crippen LogP contribution is -2.27. The second-order valence-electron chi connectivity index (χ2n) is 8.04. The minimum absolute atomic E-state index is 0.294. The van der Waals surface area contributed by atoms with Crippen molar-refractivity contribution in [1.82, 2.24) is 14.1 Å². The van der Waals surface area contributed by atoms with Gasteiger partial charge in [-0.1, -0.05) is 24.3 Å². The van der Waals surface area contributed by atoms with Gasteiger partial charge in [0.15, 0.2) is 0 Å². The van der Waals surface area contributed by atoms with Crippen molar-refractivity contribution in [3.8, 4) is 22.9 Å². The van der Waals surface area contributed by atoms with Crippen molar-refractivity contribution in [1.29, 1.82) is 10.7 Å². The molecule has 0 spiro atoms. The smallest absolute Gasteiger partial charge is 0.218 e. The van der Waals surface area contributed by atoms with Gasteiger partial charge >= 0.3 is 0 Å². The van der Waals surface area contributed by atoms with Gasteiger partial charge in [0.2, 0.25) is 11.6 Å². The first-order valence-corrected chi connectivity index (χ1v) is 10.5. The fourth-order valence-electron chi connectivity index (χ4n) is 4.21. The van der Waals surface area contributed by atoms with E-state index < -0.39 is 0 Å². The lowest BCUT2D eigenvalue weighted by atomic mass is 10.0. The van der Waals surface area contributed by atoms with Crippen LogP contribution in [-0.4, -0.2) is 20.1 Å². The van der Waals surface area contributed by atoms with Crippen molar-refractivity contribution in [3.63, 3.8) is 0 Å². The molecule has 0 aliphatic rings. The van der Waals surface area contributed by atoms with E-state index in [0.717, 1.165) is 44.3 Å². The molecule has 0 aliphatic heterocycles. The van der Waals surface area contributed by atoms with Crippen molar-refractivity contribution in [2.45, 2.75) is 6.92 Å². The molecule has 0 radical (unpaired) electrons. The Morgan fingerprint density at radius 2 is 1.82 bits per heavy atom. The van der Waals surface area contributed by atoms with Crippen LogP contribution in [0, 0.1) is 29.5 Å². The molecular formula is C26H20FN7. The molecule has 0 aliphatic carbocycles. The average molecular weight is 449 g/mol. The summed E-state index contributed by atoms with van der Waals surface area (Å²) in [6.07, 6.45) is 1.76. The van der Waals surface area contributed by atoms with Crippen LogP contribution < -0.4 is 11.4 Å². The number of hydrogen-bond donors (Lipinski definition) is 2. The van der Waals surface area contributed by atoms with Gasteiger partial charge < -0.3 is 10.3 Å². The van der Waals surface area contributed by atoms with E-state index in [4.69, 9.17) is 11.1 Å². The molecule has 2 heterocycles. The molecule has 34 heavy (non-hydrogen) atoms. The minimum atomic E-state index is -0.335. The molecule has 166 valence electrons. The van der Waals surface area contributed by atoms with Crippen molar-refractivity contribution in [2.24, 2.45) is 17.8 Å². The standard InChI is InChI=1S/C26H20FN7/c1-15-3-4-16(13-28)11-22(15)34-24-20-12-18(17-5-8-19(27)9-6-17)7-10-21(20)31-14-23(24)33(2)26(34)32-25(29)30/h3-12,14H,1-2H3,(H3,29,30). The van der Waals surface area contributed by atoms with Gasteiger partial charge in [0.25, 0.3) is 0 Å². The van der Waals surface area contributed by atoms with Gasteiger partial charge in [-0.05, 0) is 60.0 Å². The van der Waals surface area contributed by atoms with Gasteiger partial charge in [-0.15, -0.1) is 0 Å². The van der Waals surface area contributed by atoms with Crippen LogP contribution in [0.25, 0.3) is 38.8 Å². The summed E-state index contributed by atoms with van der Waals surface area (Å²) in [6.45, 7) is 1.95. The number of fused-ring (bicyclic) bond motifs is 3. The molecule has 0 amide bonds. The fraction of sp³-hybridized carbons (Fsp3) is 0.0769. The molecule has 0 saturated carbocycles. The first-order valence-electron chi connectivity index (χ1n) is 10.5. The number of nitriles is 1. The topological polar surface area (TPSA) is 109 Å². The van der Waals surface area contributed by atoms with Gasteiger partial charge in [0.05, 0.1) is 40.1 Å². The summed E-state index contributed by atoms with van der Waals surface area (Å²) >= 11 is 0. The number of guanidine groups is 1. The highest BCUT2D eigenvalue weighted by Gasteiger charge is 2.18. The number of nitrogens with zero attached hydrogens (tertiary/aromatic N) is 5. The molecule has 5 aromatic rings. The zero-order valence-electron chi connectivity index (χ0n) is 18.5. The van der Waals surface area contributed by atoms with Gasteiger partial charge in [0, 0.05) is 12.4 Å². The lowest BCUT2D eigenvalue weighted by molar-refractivity contribution is 0.628. The molecule has 3 aromatic carbocycles. The van der Waals surface area contributed by atoms with Gasteiger partial charge in [-0.25, -0.2) is 4.39 Å². The van der Waals surface area contributed by atoms with E-state index in [1.54, 1.807) is 30.5 Å². The van der Waals surface area contributed by atoms with Crippen molar-refractivity contribution < 1.29 is 4.39 Å². The molecule has 0 fully saturated rings. The molecule has 0 saturated heterocycles. The van der Waals surface area contributed by atoms with Crippen LogP contribution in [0.4, 0.5) is 4.39 Å². The van der Waals surface area contributed by atoms with E-state index in [1.165, 1.54) is 12.1 Å². The largest absolute Gasteiger partial charge is 0.368 e. The molecule has 5 rings (SSSR count). The Kier molecular flexibility index (Phi) is 4.95. The molecule has 0 bridgehead atoms. The zero-order valence-corrected chi connectivity index (χ0v) is 18.5. The molecule has 8 heteroatoms. The minimum Gasteiger partial charge on any atom is -0.368 e. The second kappa shape index (κ2) is 7.98. The van der Waals surface area contributed by atoms with Crippen LogP contribution in [0.15, 0.2) is 71.9 Å². The number of imidazole rings is 1. The molecule has 2 aromatic heterocycles. The maximum Gasteiger partial charge on any atom is 0.218 e. The highest BCUT2D eigenvalue weighted by Crippen LogP contribution is 2.30. The summed E-state index contributed by atoms with van der Waals surface area (Å²) in [4.78, 5) is 8.93. The van der Waals surface area contributed by atoms with Gasteiger partial charge in [0.1, 0.15) is 5.82 Å². The Bertz CT molecular complexity index is 1720. The number of halogens is 1. The summed E-state index contributed by atoms with van der Waals surface area (Å²) in [5, 5.41) is 18.2. The van der Waals surface area contributed by atoms with Crippen LogP contribution in [0.5, 0.6) is 0 Å². The summed E-state index contributed by atoms with van der Waals surface area (Å²) in [6, 6.07) is 19.8. The number of rotatable bonds is 2. The average Bonchev–Trinajstić information content (AvgIpc) is 3.11. The number of aryl methyl sites for hydroxylation is 2. The molecular weight excluding hydrogens is 429 g/mol. The number of pyridine rings is 1. The summed E-state index contributed by atoms with van der Waals surface area (Å²) in [7, 11) is 1.83. The fourth-order valence-corrected chi connectivity index (χ4v) is 4.21. The normalized spacial score (nSPS) is 11.8. The summed E-state index contributed by atoms with van der Waals surface area (Å²) < 4.78 is 17.2. The Balaban J connectivity index is 1.96. The predicted molar refractivity (Wildman–Crippen MR) is 130 cm³/mol. The number of hydrogen-bond acceptors (Lipinski definition) is 3. The van der Waals surface area contributed by atoms with Crippen LogP contribution in [-0.2, 0) is 7.05 Å². The maximum atomic E-state index is 13.5. The quantitative estimate of drug-likeness (QED) is 0.310.